The van der Waals surface area contributed by atoms with Crippen LogP contribution in [-0.4, -0.2) is 32.6 Å². The smallest absolute Gasteiger partial charge is 0.312 e. The lowest BCUT2D eigenvalue weighted by atomic mass is 9.41. The van der Waals surface area contributed by atoms with Crippen molar-refractivity contribution in [2.45, 2.75) is 104 Å². The van der Waals surface area contributed by atoms with E-state index in [2.05, 4.69) is 37.9 Å². The molecule has 0 spiro atoms. The lowest BCUT2D eigenvalue weighted by molar-refractivity contribution is -0.203. The third kappa shape index (κ3) is 3.65. The summed E-state index contributed by atoms with van der Waals surface area (Å²) in [5, 5.41) is 30.2. The molecule has 4 saturated carbocycles. The molecule has 6 nitrogen and oxygen atoms in total. The molecule has 0 aliphatic heterocycles. The van der Waals surface area contributed by atoms with Crippen LogP contribution in [0.2, 0.25) is 0 Å². The van der Waals surface area contributed by atoms with Crippen LogP contribution in [0.15, 0.2) is 4.42 Å². The second-order valence-corrected chi connectivity index (χ2v) is 12.7. The molecule has 0 saturated heterocycles. The number of aliphatic hydroxyl groups excluding tert-OH is 2. The molecular formula is C27H45N3O3. The number of aryl methyl sites for hydroxylation is 1. The number of hydrogen-bond donors (Lipinski definition) is 3. The van der Waals surface area contributed by atoms with E-state index in [0.717, 1.165) is 38.5 Å². The van der Waals surface area contributed by atoms with Gasteiger partial charge < -0.3 is 20.4 Å². The van der Waals surface area contributed by atoms with Gasteiger partial charge in [-0.3, -0.25) is 0 Å². The first-order chi connectivity index (χ1) is 15.7. The molecule has 6 heteroatoms. The summed E-state index contributed by atoms with van der Waals surface area (Å²) in [6, 6.07) is 0.155. The third-order valence-electron chi connectivity index (χ3n) is 11.4. The van der Waals surface area contributed by atoms with Crippen molar-refractivity contribution in [2.75, 3.05) is 5.73 Å². The van der Waals surface area contributed by atoms with Crippen molar-refractivity contribution in [3.63, 3.8) is 0 Å². The number of nitrogens with two attached hydrogens (primary N) is 1. The Kier molecular flexibility index (Phi) is 6.09. The second kappa shape index (κ2) is 8.51. The van der Waals surface area contributed by atoms with E-state index in [0.29, 0.717) is 52.7 Å². The lowest BCUT2D eigenvalue weighted by Crippen LogP contribution is -2.62. The fourth-order valence-electron chi connectivity index (χ4n) is 9.85. The van der Waals surface area contributed by atoms with E-state index in [-0.39, 0.29) is 23.6 Å². The van der Waals surface area contributed by atoms with Crippen LogP contribution < -0.4 is 5.73 Å². The molecule has 4 N–H and O–H groups in total. The number of aliphatic hydroxyl groups is 2. The molecule has 186 valence electrons. The molecule has 1 unspecified atom stereocenters. The van der Waals surface area contributed by atoms with Crippen molar-refractivity contribution in [1.82, 2.24) is 10.2 Å². The quantitative estimate of drug-likeness (QED) is 0.581. The Balaban J connectivity index is 1.37. The van der Waals surface area contributed by atoms with Crippen LogP contribution in [0.3, 0.4) is 0 Å². The van der Waals surface area contributed by atoms with Crippen molar-refractivity contribution in [3.05, 3.63) is 5.89 Å². The Hall–Kier alpha value is -1.14. The number of aromatic nitrogens is 2. The summed E-state index contributed by atoms with van der Waals surface area (Å²) >= 11 is 0. The molecule has 0 aromatic carbocycles. The van der Waals surface area contributed by atoms with Crippen molar-refractivity contribution in [1.29, 1.82) is 0 Å². The van der Waals surface area contributed by atoms with Gasteiger partial charge in [-0.05, 0) is 104 Å². The predicted octanol–water partition coefficient (Wildman–Crippen LogP) is 4.85. The summed E-state index contributed by atoms with van der Waals surface area (Å²) in [6.45, 7) is 9.71. The normalized spacial score (nSPS) is 48.1. The largest absolute Gasteiger partial charge is 0.408 e. The highest BCUT2D eigenvalue weighted by molar-refractivity contribution is 5.13. The van der Waals surface area contributed by atoms with Gasteiger partial charge >= 0.3 is 6.01 Å². The molecule has 4 aliphatic rings. The summed E-state index contributed by atoms with van der Waals surface area (Å²) in [5.41, 5.74) is 6.17. The third-order valence-corrected chi connectivity index (χ3v) is 11.4. The fourth-order valence-corrected chi connectivity index (χ4v) is 9.85. The van der Waals surface area contributed by atoms with Gasteiger partial charge in [-0.15, -0.1) is 5.10 Å². The molecule has 0 bridgehead atoms. The van der Waals surface area contributed by atoms with E-state index in [1.165, 1.54) is 25.7 Å². The van der Waals surface area contributed by atoms with Crippen molar-refractivity contribution >= 4 is 6.01 Å². The molecule has 1 heterocycles. The van der Waals surface area contributed by atoms with E-state index < -0.39 is 0 Å². The number of fused-ring (bicyclic) bond motifs is 5. The van der Waals surface area contributed by atoms with Crippen molar-refractivity contribution in [2.24, 2.45) is 52.3 Å². The van der Waals surface area contributed by atoms with E-state index in [1.54, 1.807) is 0 Å². The highest BCUT2D eigenvalue weighted by Gasteiger charge is 2.64. The number of hydrogen-bond acceptors (Lipinski definition) is 6. The zero-order chi connectivity index (χ0) is 23.5. The summed E-state index contributed by atoms with van der Waals surface area (Å²) in [6.07, 6.45) is 10.4. The molecule has 5 rings (SSSR count). The fraction of sp³-hybridized carbons (Fsp3) is 0.926. The lowest BCUT2D eigenvalue weighted by Gasteiger charge is -2.64. The van der Waals surface area contributed by atoms with Crippen LogP contribution in [0.1, 0.15) is 91.4 Å². The summed E-state index contributed by atoms with van der Waals surface area (Å²) in [5.74, 6) is 4.32. The molecular weight excluding hydrogens is 414 g/mol. The van der Waals surface area contributed by atoms with Crippen LogP contribution in [-0.2, 0) is 6.42 Å². The Morgan fingerprint density at radius 2 is 1.76 bits per heavy atom. The van der Waals surface area contributed by atoms with Gasteiger partial charge in [0, 0.05) is 6.42 Å². The minimum atomic E-state index is -0.219. The average molecular weight is 460 g/mol. The van der Waals surface area contributed by atoms with Gasteiger partial charge in [0.15, 0.2) is 0 Å². The Bertz CT molecular complexity index is 844. The Morgan fingerprint density at radius 3 is 2.45 bits per heavy atom. The van der Waals surface area contributed by atoms with Gasteiger partial charge in [0.1, 0.15) is 0 Å². The first-order valence-electron chi connectivity index (χ1n) is 13.6. The zero-order valence-electron chi connectivity index (χ0n) is 21.0. The van der Waals surface area contributed by atoms with Gasteiger partial charge in [0.2, 0.25) is 5.89 Å². The summed E-state index contributed by atoms with van der Waals surface area (Å²) in [4.78, 5) is 0. The monoisotopic (exact) mass is 459 g/mol. The molecule has 1 aromatic heterocycles. The zero-order valence-corrected chi connectivity index (χ0v) is 21.0. The van der Waals surface area contributed by atoms with E-state index >= 15 is 0 Å². The predicted molar refractivity (Wildman–Crippen MR) is 128 cm³/mol. The van der Waals surface area contributed by atoms with E-state index in [4.69, 9.17) is 10.2 Å². The number of nitrogens with zero attached hydrogens (tertiary/aromatic N) is 2. The SMILES string of the molecule is CC[C@H]1[C@@H](O)[C@@H]2[C@H](CC[C@]3(C)C([C@H](C)CCc4nnc(N)o4)CC[C@@H]23)[C@@]2(C)CC[C@@H](O)C[C@@H]12. The van der Waals surface area contributed by atoms with Crippen molar-refractivity contribution in [3.8, 4) is 0 Å². The molecule has 0 amide bonds. The number of rotatable bonds is 5. The number of anilines is 1. The van der Waals surface area contributed by atoms with Crippen LogP contribution in [0, 0.1) is 52.3 Å². The maximum Gasteiger partial charge on any atom is 0.312 e. The molecule has 1 aromatic rings. The van der Waals surface area contributed by atoms with E-state index in [1.807, 2.05) is 0 Å². The van der Waals surface area contributed by atoms with Gasteiger partial charge in [-0.1, -0.05) is 39.2 Å². The maximum atomic E-state index is 11.8. The minimum absolute atomic E-state index is 0.155. The van der Waals surface area contributed by atoms with Crippen LogP contribution in [0.5, 0.6) is 0 Å². The van der Waals surface area contributed by atoms with Crippen molar-refractivity contribution < 1.29 is 14.6 Å². The molecule has 0 radical (unpaired) electrons. The Morgan fingerprint density at radius 1 is 1.03 bits per heavy atom. The standard InChI is InChI=1S/C27H45N3O3/c1-5-17-21-14-16(31)10-12-27(21,4)20-11-13-26(3)18(7-8-19(26)23(20)24(17)32)15(2)6-9-22-29-30-25(28)33-22/h15-21,23-24,31-32H,5-14H2,1-4H3,(H2,28,30)/t15-,16-,17-,18?,19+,20+,21+,23+,24-,26-,27-/m1/s1. The molecule has 4 fully saturated rings. The van der Waals surface area contributed by atoms with Gasteiger partial charge in [0.25, 0.3) is 0 Å². The molecule has 4 aliphatic carbocycles. The van der Waals surface area contributed by atoms with Crippen LogP contribution >= 0.6 is 0 Å². The topological polar surface area (TPSA) is 105 Å². The van der Waals surface area contributed by atoms with Crippen LogP contribution in [0.25, 0.3) is 0 Å². The Labute approximate surface area is 199 Å². The highest BCUT2D eigenvalue weighted by atomic mass is 16.4. The molecule has 33 heavy (non-hydrogen) atoms. The van der Waals surface area contributed by atoms with Gasteiger partial charge in [-0.25, -0.2) is 0 Å². The number of nitrogen functional groups attached to an aromatic ring is 1. The first-order valence-corrected chi connectivity index (χ1v) is 13.6. The second-order valence-electron chi connectivity index (χ2n) is 12.7. The first kappa shape index (κ1) is 23.6. The van der Waals surface area contributed by atoms with E-state index in [9.17, 15) is 10.2 Å². The minimum Gasteiger partial charge on any atom is -0.408 e. The highest BCUT2D eigenvalue weighted by Crippen LogP contribution is 2.69. The van der Waals surface area contributed by atoms with Gasteiger partial charge in [-0.2, -0.15) is 0 Å². The summed E-state index contributed by atoms with van der Waals surface area (Å²) in [7, 11) is 0. The van der Waals surface area contributed by atoms with Gasteiger partial charge in [0.05, 0.1) is 12.2 Å². The maximum absolute atomic E-state index is 11.8. The summed E-state index contributed by atoms with van der Waals surface area (Å²) < 4.78 is 5.41. The van der Waals surface area contributed by atoms with Crippen LogP contribution in [0.4, 0.5) is 6.01 Å². The average Bonchev–Trinajstić information content (AvgIpc) is 3.36. The molecule has 11 atom stereocenters.